The Labute approximate surface area is 158 Å². The maximum atomic E-state index is 12.2. The largest absolute Gasteiger partial charge is 0.497 e. The summed E-state index contributed by atoms with van der Waals surface area (Å²) in [5, 5.41) is 4.02. The van der Waals surface area contributed by atoms with Gasteiger partial charge in [0.2, 0.25) is 5.91 Å². The van der Waals surface area contributed by atoms with Crippen molar-refractivity contribution in [3.8, 4) is 11.5 Å². The van der Waals surface area contributed by atoms with E-state index < -0.39 is 5.91 Å². The van der Waals surface area contributed by atoms with Crippen LogP contribution in [0, 0.1) is 0 Å². The van der Waals surface area contributed by atoms with Gasteiger partial charge in [0.1, 0.15) is 16.9 Å². The van der Waals surface area contributed by atoms with Crippen LogP contribution in [0.5, 0.6) is 11.5 Å². The number of amides is 1. The Hall–Kier alpha value is -2.02. The third kappa shape index (κ3) is 5.49. The van der Waals surface area contributed by atoms with Crippen molar-refractivity contribution in [2.45, 2.75) is 6.42 Å². The first kappa shape index (κ1) is 19.3. The summed E-state index contributed by atoms with van der Waals surface area (Å²) in [7, 11) is 2.76. The highest BCUT2D eigenvalue weighted by molar-refractivity contribution is 6.85. The van der Waals surface area contributed by atoms with E-state index in [1.807, 2.05) is 0 Å². The molecule has 0 aliphatic carbocycles. The predicted octanol–water partition coefficient (Wildman–Crippen LogP) is 2.90. The molecule has 5 nitrogen and oxygen atoms in total. The van der Waals surface area contributed by atoms with Crippen LogP contribution in [-0.4, -0.2) is 35.1 Å². The Morgan fingerprint density at radius 2 is 1.60 bits per heavy atom. The Kier molecular flexibility index (Phi) is 6.87. The fourth-order valence-electron chi connectivity index (χ4n) is 2.09. The summed E-state index contributed by atoms with van der Waals surface area (Å²) in [4.78, 5) is 24.3. The molecule has 0 aliphatic heterocycles. The van der Waals surface area contributed by atoms with Crippen LogP contribution in [0.4, 0.5) is 5.69 Å². The minimum absolute atomic E-state index is 0.237. The lowest BCUT2D eigenvalue weighted by Crippen LogP contribution is -2.28. The first-order chi connectivity index (χ1) is 11.9. The van der Waals surface area contributed by atoms with Gasteiger partial charge >= 0.3 is 0 Å². The summed E-state index contributed by atoms with van der Waals surface area (Å²) < 4.78 is 10.4. The summed E-state index contributed by atoms with van der Waals surface area (Å²) in [6.07, 6.45) is -0.274. The third-order valence-electron chi connectivity index (χ3n) is 3.19. The van der Waals surface area contributed by atoms with Gasteiger partial charge < -0.3 is 19.6 Å². The zero-order valence-corrected chi connectivity index (χ0v) is 16.1. The van der Waals surface area contributed by atoms with Gasteiger partial charge in [0.25, 0.3) is 0 Å². The number of carbonyl (C=O) groups is 2. The number of nitrogens with one attached hydrogen (secondary N) is 1. The van der Waals surface area contributed by atoms with Crippen molar-refractivity contribution in [2.75, 3.05) is 19.5 Å². The number of halogens is 2. The van der Waals surface area contributed by atoms with E-state index >= 15 is 0 Å². The van der Waals surface area contributed by atoms with Crippen LogP contribution in [0.2, 0.25) is 10.0 Å². The average molecular weight is 396 g/mol. The van der Waals surface area contributed by atoms with Crippen LogP contribution in [0.1, 0.15) is 6.42 Å². The molecule has 0 spiro atoms. The average Bonchev–Trinajstić information content (AvgIpc) is 2.55. The van der Waals surface area contributed by atoms with Crippen LogP contribution in [-0.2, 0) is 9.59 Å². The van der Waals surface area contributed by atoms with Gasteiger partial charge in [0.15, 0.2) is 9.52 Å². The topological polar surface area (TPSA) is 64.6 Å². The van der Waals surface area contributed by atoms with Gasteiger partial charge in [-0.2, -0.15) is 0 Å². The predicted molar refractivity (Wildman–Crippen MR) is 99.6 cm³/mol. The maximum absolute atomic E-state index is 12.2. The minimum atomic E-state index is -0.445. The Morgan fingerprint density at radius 1 is 1.00 bits per heavy atom. The standard InChI is InChI=1S/C17H15Cl2NO4Si/c1-23-13-5-3-10(18)7-12(13)20-16(21)9-17(22)25-15-8-11(19)4-6-14(15)24-2/h3-8H,9H2,1-2H3,(H,20,21). The van der Waals surface area contributed by atoms with E-state index in [9.17, 15) is 9.59 Å². The molecule has 8 heteroatoms. The highest BCUT2D eigenvalue weighted by Crippen LogP contribution is 2.27. The smallest absolute Gasteiger partial charge is 0.231 e. The van der Waals surface area contributed by atoms with Crippen LogP contribution >= 0.6 is 23.2 Å². The first-order valence-corrected chi connectivity index (χ1v) is 8.95. The summed E-state index contributed by atoms with van der Waals surface area (Å²) in [6, 6.07) is 9.87. The molecule has 2 aromatic carbocycles. The SMILES string of the molecule is COc1ccc(Cl)cc1NC(=O)CC(=O)[Si]c1cc(Cl)ccc1OC. The maximum Gasteiger partial charge on any atom is 0.231 e. The normalized spacial score (nSPS) is 10.2. The Morgan fingerprint density at radius 3 is 2.24 bits per heavy atom. The van der Waals surface area contributed by atoms with E-state index in [0.717, 1.165) is 0 Å². The number of anilines is 1. The Bertz CT molecular complexity index is 733. The zero-order chi connectivity index (χ0) is 18.4. The van der Waals surface area contributed by atoms with E-state index in [2.05, 4.69) is 5.32 Å². The second-order valence-electron chi connectivity index (χ2n) is 4.96. The number of methoxy groups -OCH3 is 2. The van der Waals surface area contributed by atoms with Crippen LogP contribution < -0.4 is 20.0 Å². The highest BCUT2D eigenvalue weighted by atomic mass is 35.5. The molecular weight excluding hydrogens is 381 g/mol. The third-order valence-corrected chi connectivity index (χ3v) is 4.78. The molecule has 130 valence electrons. The van der Waals surface area contributed by atoms with Gasteiger partial charge in [-0.1, -0.05) is 23.2 Å². The van der Waals surface area contributed by atoms with Gasteiger partial charge in [-0.05, 0) is 41.6 Å². The van der Waals surface area contributed by atoms with Crippen molar-refractivity contribution < 1.29 is 19.1 Å². The van der Waals surface area contributed by atoms with Crippen LogP contribution in [0.25, 0.3) is 0 Å². The number of hydrogen-bond donors (Lipinski definition) is 1. The molecule has 0 unspecified atom stereocenters. The lowest BCUT2D eigenvalue weighted by Gasteiger charge is -2.11. The number of hydrogen-bond acceptors (Lipinski definition) is 4. The van der Waals surface area contributed by atoms with E-state index in [1.165, 1.54) is 14.2 Å². The van der Waals surface area contributed by atoms with Crippen molar-refractivity contribution in [3.05, 3.63) is 46.4 Å². The van der Waals surface area contributed by atoms with Crippen LogP contribution in [0.3, 0.4) is 0 Å². The van der Waals surface area contributed by atoms with Crippen molar-refractivity contribution in [1.82, 2.24) is 0 Å². The van der Waals surface area contributed by atoms with E-state index in [-0.39, 0.29) is 21.3 Å². The van der Waals surface area contributed by atoms with E-state index in [4.69, 9.17) is 32.7 Å². The molecule has 1 N–H and O–H groups in total. The number of ether oxygens (including phenoxy) is 2. The summed E-state index contributed by atoms with van der Waals surface area (Å²) in [6.45, 7) is 0. The van der Waals surface area contributed by atoms with Crippen molar-refractivity contribution in [2.24, 2.45) is 0 Å². The molecule has 0 saturated heterocycles. The minimum Gasteiger partial charge on any atom is -0.497 e. The molecule has 0 fully saturated rings. The summed E-state index contributed by atoms with van der Waals surface area (Å²) in [5.74, 6) is 0.580. The lowest BCUT2D eigenvalue weighted by molar-refractivity contribution is -0.121. The van der Waals surface area contributed by atoms with Crippen molar-refractivity contribution >= 4 is 54.9 Å². The van der Waals surface area contributed by atoms with E-state index in [1.54, 1.807) is 36.4 Å². The van der Waals surface area contributed by atoms with E-state index in [0.29, 0.717) is 32.4 Å². The number of benzene rings is 2. The monoisotopic (exact) mass is 395 g/mol. The first-order valence-electron chi connectivity index (χ1n) is 7.19. The van der Waals surface area contributed by atoms with Crippen molar-refractivity contribution in [3.63, 3.8) is 0 Å². The quantitative estimate of drug-likeness (QED) is 0.578. The molecule has 0 aromatic heterocycles. The van der Waals surface area contributed by atoms with Crippen molar-refractivity contribution in [1.29, 1.82) is 0 Å². The molecule has 2 rings (SSSR count). The molecule has 1 amide bonds. The summed E-state index contributed by atoms with van der Waals surface area (Å²) >= 11 is 11.9. The summed E-state index contributed by atoms with van der Waals surface area (Å²) in [5.41, 5.74) is 0.413. The molecule has 0 saturated carbocycles. The molecule has 2 aromatic rings. The van der Waals surface area contributed by atoms with Gasteiger partial charge in [0.05, 0.1) is 26.3 Å². The molecule has 2 radical (unpaired) electrons. The lowest BCUT2D eigenvalue weighted by atomic mass is 10.3. The Balaban J connectivity index is 2.03. The zero-order valence-electron chi connectivity index (χ0n) is 13.6. The molecule has 0 bridgehead atoms. The molecule has 0 atom stereocenters. The van der Waals surface area contributed by atoms with Gasteiger partial charge in [-0.3, -0.25) is 4.79 Å². The second kappa shape index (κ2) is 8.89. The van der Waals surface area contributed by atoms with Crippen LogP contribution in [0.15, 0.2) is 36.4 Å². The molecule has 0 heterocycles. The highest BCUT2D eigenvalue weighted by Gasteiger charge is 2.16. The molecule has 25 heavy (non-hydrogen) atoms. The molecular formula is C17H15Cl2NO4Si. The molecule has 0 aliphatic rings. The number of rotatable bonds is 7. The van der Waals surface area contributed by atoms with Gasteiger partial charge in [-0.15, -0.1) is 0 Å². The fraction of sp³-hybridized carbons (Fsp3) is 0.176. The fourth-order valence-corrected chi connectivity index (χ4v) is 3.61. The van der Waals surface area contributed by atoms with Gasteiger partial charge in [0, 0.05) is 10.0 Å². The van der Waals surface area contributed by atoms with Gasteiger partial charge in [-0.25, -0.2) is 0 Å². The number of carbonyl (C=O) groups excluding carboxylic acids is 2. The second-order valence-corrected chi connectivity index (χ2v) is 7.18.